The van der Waals surface area contributed by atoms with Gasteiger partial charge in [0.2, 0.25) is 0 Å². The van der Waals surface area contributed by atoms with Crippen molar-refractivity contribution in [1.82, 2.24) is 9.80 Å². The molecule has 23 heavy (non-hydrogen) atoms. The Kier molecular flexibility index (Phi) is 4.08. The lowest BCUT2D eigenvalue weighted by Gasteiger charge is -2.53. The molecule has 0 radical (unpaired) electrons. The highest BCUT2D eigenvalue weighted by atomic mass is 16.5. The van der Waals surface area contributed by atoms with Crippen molar-refractivity contribution in [2.24, 2.45) is 5.41 Å². The molecule has 0 spiro atoms. The van der Waals surface area contributed by atoms with Crippen LogP contribution < -0.4 is 4.74 Å². The van der Waals surface area contributed by atoms with Crippen LogP contribution in [0.3, 0.4) is 0 Å². The molecule has 4 nitrogen and oxygen atoms in total. The summed E-state index contributed by atoms with van der Waals surface area (Å²) >= 11 is 0. The average molecular weight is 316 g/mol. The summed E-state index contributed by atoms with van der Waals surface area (Å²) in [6.45, 7) is 5.51. The molecule has 0 unspecified atom stereocenters. The van der Waals surface area contributed by atoms with E-state index in [4.69, 9.17) is 4.74 Å². The number of hydrogen-bond acceptors (Lipinski definition) is 4. The SMILES string of the molecule is CN1CCC[C@]2(CO)CCN(Cc3ccc4c(c3)CCO4)C[C@@H]12. The Hall–Kier alpha value is -1.10. The molecule has 0 amide bonds. The molecule has 126 valence electrons. The van der Waals surface area contributed by atoms with E-state index in [1.165, 1.54) is 24.0 Å². The monoisotopic (exact) mass is 316 g/mol. The number of likely N-dealkylation sites (tertiary alicyclic amines) is 2. The van der Waals surface area contributed by atoms with Gasteiger partial charge in [-0.05, 0) is 56.6 Å². The van der Waals surface area contributed by atoms with Crippen molar-refractivity contribution in [3.05, 3.63) is 29.3 Å². The molecule has 4 rings (SSSR count). The second-order valence-corrected chi connectivity index (χ2v) is 7.65. The molecule has 1 aromatic carbocycles. The molecular formula is C19H28N2O2. The predicted molar refractivity (Wildman–Crippen MR) is 90.7 cm³/mol. The van der Waals surface area contributed by atoms with E-state index in [1.54, 1.807) is 0 Å². The lowest BCUT2D eigenvalue weighted by atomic mass is 9.69. The van der Waals surface area contributed by atoms with Crippen molar-refractivity contribution in [2.45, 2.75) is 38.3 Å². The molecule has 4 heteroatoms. The summed E-state index contributed by atoms with van der Waals surface area (Å²) in [7, 11) is 2.23. The highest BCUT2D eigenvalue weighted by Gasteiger charge is 2.46. The second-order valence-electron chi connectivity index (χ2n) is 7.65. The number of rotatable bonds is 3. The fourth-order valence-corrected chi connectivity index (χ4v) is 4.82. The fraction of sp³-hybridized carbons (Fsp3) is 0.684. The van der Waals surface area contributed by atoms with Crippen LogP contribution in [0.15, 0.2) is 18.2 Å². The maximum Gasteiger partial charge on any atom is 0.122 e. The molecular weight excluding hydrogens is 288 g/mol. The highest BCUT2D eigenvalue weighted by Crippen LogP contribution is 2.41. The van der Waals surface area contributed by atoms with Gasteiger partial charge in [0.05, 0.1) is 13.2 Å². The second kappa shape index (κ2) is 6.08. The first-order chi connectivity index (χ1) is 11.2. The van der Waals surface area contributed by atoms with E-state index in [-0.39, 0.29) is 5.41 Å². The maximum absolute atomic E-state index is 10.0. The van der Waals surface area contributed by atoms with Crippen molar-refractivity contribution in [3.63, 3.8) is 0 Å². The van der Waals surface area contributed by atoms with Crippen LogP contribution in [0.5, 0.6) is 5.75 Å². The minimum Gasteiger partial charge on any atom is -0.493 e. The van der Waals surface area contributed by atoms with E-state index in [0.29, 0.717) is 12.6 Å². The Morgan fingerprint density at radius 2 is 2.22 bits per heavy atom. The first kappa shape index (κ1) is 15.4. The van der Waals surface area contributed by atoms with Crippen molar-refractivity contribution in [3.8, 4) is 5.75 Å². The number of piperidine rings is 2. The van der Waals surface area contributed by atoms with Crippen molar-refractivity contribution in [1.29, 1.82) is 0 Å². The molecule has 2 saturated heterocycles. The molecule has 0 aromatic heterocycles. The normalized spacial score (nSPS) is 31.5. The predicted octanol–water partition coefficient (Wildman–Crippen LogP) is 1.90. The van der Waals surface area contributed by atoms with Gasteiger partial charge in [0.1, 0.15) is 5.75 Å². The van der Waals surface area contributed by atoms with E-state index in [1.807, 2.05) is 0 Å². The molecule has 3 aliphatic rings. The topological polar surface area (TPSA) is 35.9 Å². The molecule has 2 atom stereocenters. The van der Waals surface area contributed by atoms with Crippen LogP contribution in [-0.4, -0.2) is 60.8 Å². The largest absolute Gasteiger partial charge is 0.493 e. The number of likely N-dealkylation sites (N-methyl/N-ethyl adjacent to an activating group) is 1. The molecule has 3 aliphatic heterocycles. The lowest BCUT2D eigenvalue weighted by molar-refractivity contribution is -0.0684. The summed E-state index contributed by atoms with van der Waals surface area (Å²) < 4.78 is 5.61. The molecule has 2 fully saturated rings. The maximum atomic E-state index is 10.0. The number of aliphatic hydroxyl groups is 1. The quantitative estimate of drug-likeness (QED) is 0.924. The van der Waals surface area contributed by atoms with Crippen LogP contribution in [0.25, 0.3) is 0 Å². The summed E-state index contributed by atoms with van der Waals surface area (Å²) in [6.07, 6.45) is 4.57. The average Bonchev–Trinajstić information content (AvgIpc) is 3.03. The van der Waals surface area contributed by atoms with Gasteiger partial charge in [0, 0.05) is 31.0 Å². The standard InChI is InChI=1S/C19H28N2O2/c1-20-8-2-6-19(14-22)7-9-21(13-18(19)20)12-15-3-4-17-16(11-15)5-10-23-17/h3-4,11,18,22H,2,5-10,12-14H2,1H3/t18-,19-/m1/s1. The number of benzene rings is 1. The number of ether oxygens (including phenoxy) is 1. The van der Waals surface area contributed by atoms with E-state index >= 15 is 0 Å². The smallest absolute Gasteiger partial charge is 0.122 e. The fourth-order valence-electron chi connectivity index (χ4n) is 4.82. The van der Waals surface area contributed by atoms with Gasteiger partial charge in [-0.15, -0.1) is 0 Å². The van der Waals surface area contributed by atoms with Crippen molar-refractivity contribution >= 4 is 0 Å². The minimum absolute atomic E-state index is 0.134. The first-order valence-electron chi connectivity index (χ1n) is 8.98. The summed E-state index contributed by atoms with van der Waals surface area (Å²) in [5, 5.41) is 10.0. The van der Waals surface area contributed by atoms with Crippen LogP contribution >= 0.6 is 0 Å². The third kappa shape index (κ3) is 2.77. The summed E-state index contributed by atoms with van der Waals surface area (Å²) in [5.74, 6) is 1.07. The molecule has 0 saturated carbocycles. The Morgan fingerprint density at radius 3 is 3.09 bits per heavy atom. The van der Waals surface area contributed by atoms with Gasteiger partial charge in [-0.3, -0.25) is 4.90 Å². The van der Waals surface area contributed by atoms with Crippen LogP contribution in [0.2, 0.25) is 0 Å². The Bertz CT molecular complexity index is 576. The van der Waals surface area contributed by atoms with Crippen LogP contribution in [-0.2, 0) is 13.0 Å². The molecule has 1 aromatic rings. The minimum atomic E-state index is 0.134. The van der Waals surface area contributed by atoms with Gasteiger partial charge < -0.3 is 14.7 Å². The molecule has 0 bridgehead atoms. The summed E-state index contributed by atoms with van der Waals surface area (Å²) in [6, 6.07) is 7.16. The van der Waals surface area contributed by atoms with Gasteiger partial charge >= 0.3 is 0 Å². The van der Waals surface area contributed by atoms with E-state index < -0.39 is 0 Å². The van der Waals surface area contributed by atoms with Gasteiger partial charge in [0.25, 0.3) is 0 Å². The number of aliphatic hydroxyl groups excluding tert-OH is 1. The Labute approximate surface area is 139 Å². The van der Waals surface area contributed by atoms with E-state index in [9.17, 15) is 5.11 Å². The van der Waals surface area contributed by atoms with Gasteiger partial charge in [-0.25, -0.2) is 0 Å². The van der Waals surface area contributed by atoms with Crippen molar-refractivity contribution < 1.29 is 9.84 Å². The third-order valence-electron chi connectivity index (χ3n) is 6.26. The number of hydrogen-bond donors (Lipinski definition) is 1. The zero-order valence-corrected chi connectivity index (χ0v) is 14.1. The Morgan fingerprint density at radius 1 is 1.30 bits per heavy atom. The molecule has 0 aliphatic carbocycles. The van der Waals surface area contributed by atoms with E-state index in [0.717, 1.165) is 51.4 Å². The Balaban J connectivity index is 1.47. The zero-order chi connectivity index (χ0) is 15.9. The molecule has 3 heterocycles. The zero-order valence-electron chi connectivity index (χ0n) is 14.1. The van der Waals surface area contributed by atoms with Crippen LogP contribution in [0.1, 0.15) is 30.4 Å². The van der Waals surface area contributed by atoms with Crippen LogP contribution in [0.4, 0.5) is 0 Å². The molecule has 1 N–H and O–H groups in total. The third-order valence-corrected chi connectivity index (χ3v) is 6.26. The highest BCUT2D eigenvalue weighted by molar-refractivity contribution is 5.39. The van der Waals surface area contributed by atoms with Gasteiger partial charge in [-0.1, -0.05) is 12.1 Å². The van der Waals surface area contributed by atoms with Crippen molar-refractivity contribution in [2.75, 3.05) is 39.9 Å². The van der Waals surface area contributed by atoms with Gasteiger partial charge in [-0.2, -0.15) is 0 Å². The number of fused-ring (bicyclic) bond motifs is 2. The first-order valence-corrected chi connectivity index (χ1v) is 8.98. The number of nitrogens with zero attached hydrogens (tertiary/aromatic N) is 2. The van der Waals surface area contributed by atoms with Gasteiger partial charge in [0.15, 0.2) is 0 Å². The summed E-state index contributed by atoms with van der Waals surface area (Å²) in [5.41, 5.74) is 2.89. The van der Waals surface area contributed by atoms with E-state index in [2.05, 4.69) is 35.0 Å². The summed E-state index contributed by atoms with van der Waals surface area (Å²) in [4.78, 5) is 5.04. The van der Waals surface area contributed by atoms with Crippen LogP contribution in [0, 0.1) is 5.41 Å². The lowest BCUT2D eigenvalue weighted by Crippen LogP contribution is -2.61.